The van der Waals surface area contributed by atoms with Crippen molar-refractivity contribution in [1.82, 2.24) is 0 Å². The van der Waals surface area contributed by atoms with Gasteiger partial charge in [0.05, 0.1) is 5.56 Å². The van der Waals surface area contributed by atoms with Crippen LogP contribution >= 0.6 is 0 Å². The van der Waals surface area contributed by atoms with Crippen molar-refractivity contribution in [3.63, 3.8) is 0 Å². The molecule has 0 N–H and O–H groups in total. The van der Waals surface area contributed by atoms with Crippen LogP contribution in [0.2, 0.25) is 11.6 Å². The van der Waals surface area contributed by atoms with Crippen LogP contribution < -0.4 is 0 Å². The highest BCUT2D eigenvalue weighted by Crippen LogP contribution is 2.32. The van der Waals surface area contributed by atoms with E-state index in [9.17, 15) is 4.79 Å². The fraction of sp³-hybridized carbons (Fsp3) is 0.611. The maximum Gasteiger partial charge on any atom is 0.542 e. The van der Waals surface area contributed by atoms with E-state index in [-0.39, 0.29) is 5.97 Å². The molecule has 0 aliphatic heterocycles. The molecule has 0 heterocycles. The predicted molar refractivity (Wildman–Crippen MR) is 91.6 cm³/mol. The fourth-order valence-corrected chi connectivity index (χ4v) is 3.01. The van der Waals surface area contributed by atoms with E-state index >= 15 is 0 Å². The Morgan fingerprint density at radius 3 is 1.62 bits per heavy atom. The van der Waals surface area contributed by atoms with Crippen LogP contribution in [0.1, 0.15) is 86.3 Å². The van der Waals surface area contributed by atoms with Gasteiger partial charge in [-0.15, -0.1) is 0 Å². The lowest BCUT2D eigenvalue weighted by Gasteiger charge is -2.22. The maximum atomic E-state index is 12.6. The zero-order valence-corrected chi connectivity index (χ0v) is 15.9. The number of carbonyl (C=O) groups is 1. The van der Waals surface area contributed by atoms with Gasteiger partial charge in [-0.25, -0.2) is 4.79 Å². The average Bonchev–Trinajstić information content (AvgIpc) is 2.35. The predicted octanol–water partition coefficient (Wildman–Crippen LogP) is 5.46. The summed E-state index contributed by atoms with van der Waals surface area (Å²) in [4.78, 5) is 12.6. The number of benzene rings is 1. The summed E-state index contributed by atoms with van der Waals surface area (Å²) in [5.74, 6) is 5.04. The molecule has 0 fully saturated rings. The molecule has 0 radical (unpaired) electrons. The molecule has 1 rings (SSSR count). The second kappa shape index (κ2) is 7.47. The summed E-state index contributed by atoms with van der Waals surface area (Å²) < 4.78 is 5.62. The minimum absolute atomic E-state index is 0.126. The quantitative estimate of drug-likeness (QED) is 0.675. The van der Waals surface area contributed by atoms with Crippen LogP contribution in [0.4, 0.5) is 0 Å². The lowest BCUT2D eigenvalue weighted by atomic mass is 9.84. The smallest absolute Gasteiger partial charge is 0.542 e. The van der Waals surface area contributed by atoms with E-state index in [0.29, 0.717) is 17.8 Å². The Bertz CT molecular complexity index is 473. The fourth-order valence-electron chi connectivity index (χ4n) is 2.46. The van der Waals surface area contributed by atoms with Crippen molar-refractivity contribution in [2.24, 2.45) is 0 Å². The third-order valence-corrected chi connectivity index (χ3v) is 4.36. The van der Waals surface area contributed by atoms with E-state index in [4.69, 9.17) is 3.79 Å². The molecule has 1 aromatic rings. The molecule has 1 aromatic carbocycles. The van der Waals surface area contributed by atoms with Gasteiger partial charge in [0, 0.05) is 0 Å². The first-order valence-electron chi connectivity index (χ1n) is 8.03. The summed E-state index contributed by atoms with van der Waals surface area (Å²) in [5.41, 5.74) is 4.38. The SMILES string of the molecule is CC(C)c1cc(C(C)C)c(C(=O)[O][Al]([CH3])[CH3])c(C(C)C)c1. The summed E-state index contributed by atoms with van der Waals surface area (Å²) in [6.45, 7) is 13.0. The van der Waals surface area contributed by atoms with Crippen LogP contribution in [-0.4, -0.2) is 20.5 Å². The first kappa shape index (κ1) is 18.3. The van der Waals surface area contributed by atoms with E-state index in [2.05, 4.69) is 53.7 Å². The van der Waals surface area contributed by atoms with Gasteiger partial charge in [0.2, 0.25) is 0 Å². The Hall–Kier alpha value is -0.778. The first-order valence-corrected chi connectivity index (χ1v) is 10.8. The van der Waals surface area contributed by atoms with Gasteiger partial charge in [0.15, 0.2) is 0 Å². The van der Waals surface area contributed by atoms with Crippen LogP contribution in [0.25, 0.3) is 0 Å². The first-order chi connectivity index (χ1) is 9.65. The summed E-state index contributed by atoms with van der Waals surface area (Å²) in [5, 5.41) is 0. The highest BCUT2D eigenvalue weighted by molar-refractivity contribution is 6.51. The standard InChI is InChI=1S/C16H24O2.2CH3.Al/c1-9(2)12-7-13(10(3)4)15(16(17)18)14(8-12)11(5)6;;;/h7-11H,1-6H3,(H,17,18);2*1H3;/q;;;+1/p-1. The van der Waals surface area contributed by atoms with Crippen LogP contribution in [0.5, 0.6) is 0 Å². The Labute approximate surface area is 134 Å². The molecule has 0 bridgehead atoms. The third kappa shape index (κ3) is 4.60. The van der Waals surface area contributed by atoms with Gasteiger partial charge in [-0.2, -0.15) is 0 Å². The minimum Gasteiger partial charge on any atom is -0.613 e. The molecule has 0 spiro atoms. The van der Waals surface area contributed by atoms with Gasteiger partial charge in [0.1, 0.15) is 0 Å². The maximum absolute atomic E-state index is 12.6. The number of rotatable bonds is 5. The zero-order valence-electron chi connectivity index (χ0n) is 14.8. The largest absolute Gasteiger partial charge is 0.613 e. The van der Waals surface area contributed by atoms with Crippen molar-refractivity contribution in [2.75, 3.05) is 0 Å². The van der Waals surface area contributed by atoms with E-state index in [1.807, 2.05) is 11.6 Å². The van der Waals surface area contributed by atoms with Gasteiger partial charge >= 0.3 is 20.5 Å². The molecule has 0 atom stereocenters. The van der Waals surface area contributed by atoms with E-state index < -0.39 is 14.5 Å². The summed E-state index contributed by atoms with van der Waals surface area (Å²) in [7, 11) is 0. The average molecular weight is 304 g/mol. The highest BCUT2D eigenvalue weighted by atomic mass is 27.2. The van der Waals surface area contributed by atoms with Crippen molar-refractivity contribution < 1.29 is 8.58 Å². The number of hydrogen-bond donors (Lipinski definition) is 0. The molecular formula is C18H29AlO2. The lowest BCUT2D eigenvalue weighted by Crippen LogP contribution is -2.20. The monoisotopic (exact) mass is 304 g/mol. The molecule has 0 aliphatic carbocycles. The number of carbonyl (C=O) groups excluding carboxylic acids is 1. The van der Waals surface area contributed by atoms with Gasteiger partial charge in [-0.1, -0.05) is 65.2 Å². The molecule has 2 nitrogen and oxygen atoms in total. The topological polar surface area (TPSA) is 26.3 Å². The molecule has 0 aliphatic rings. The van der Waals surface area contributed by atoms with E-state index in [0.717, 1.165) is 16.7 Å². The molecule has 3 heteroatoms. The van der Waals surface area contributed by atoms with Gasteiger partial charge < -0.3 is 3.79 Å². The lowest BCUT2D eigenvalue weighted by molar-refractivity contribution is 0.0731. The molecule has 0 unspecified atom stereocenters. The second-order valence-electron chi connectivity index (χ2n) is 6.99. The van der Waals surface area contributed by atoms with Gasteiger partial charge in [-0.3, -0.25) is 0 Å². The summed E-state index contributed by atoms with van der Waals surface area (Å²) in [6.07, 6.45) is 0. The molecule has 0 aromatic heterocycles. The van der Waals surface area contributed by atoms with Crippen molar-refractivity contribution >= 4 is 20.5 Å². The van der Waals surface area contributed by atoms with Crippen LogP contribution in [0.3, 0.4) is 0 Å². The van der Waals surface area contributed by atoms with Gasteiger partial charge in [0.25, 0.3) is 0 Å². The molecule has 0 saturated heterocycles. The van der Waals surface area contributed by atoms with E-state index in [1.165, 1.54) is 5.56 Å². The highest BCUT2D eigenvalue weighted by Gasteiger charge is 2.24. The Morgan fingerprint density at radius 2 is 1.33 bits per heavy atom. The molecule has 0 saturated carbocycles. The molecule has 21 heavy (non-hydrogen) atoms. The molecular weight excluding hydrogens is 275 g/mol. The molecule has 0 amide bonds. The Kier molecular flexibility index (Phi) is 6.50. The molecule has 116 valence electrons. The van der Waals surface area contributed by atoms with Crippen molar-refractivity contribution in [1.29, 1.82) is 0 Å². The summed E-state index contributed by atoms with van der Waals surface area (Å²) in [6, 6.07) is 4.39. The van der Waals surface area contributed by atoms with Crippen LogP contribution in [0, 0.1) is 0 Å². The Balaban J connectivity index is 3.53. The van der Waals surface area contributed by atoms with Crippen molar-refractivity contribution in [3.8, 4) is 0 Å². The van der Waals surface area contributed by atoms with Gasteiger partial charge in [-0.05, 0) is 34.4 Å². The number of hydrogen-bond acceptors (Lipinski definition) is 2. The Morgan fingerprint density at radius 1 is 0.905 bits per heavy atom. The van der Waals surface area contributed by atoms with Crippen molar-refractivity contribution in [3.05, 3.63) is 34.4 Å². The van der Waals surface area contributed by atoms with Crippen molar-refractivity contribution in [2.45, 2.75) is 70.9 Å². The van der Waals surface area contributed by atoms with Crippen LogP contribution in [-0.2, 0) is 3.79 Å². The zero-order chi connectivity index (χ0) is 16.3. The van der Waals surface area contributed by atoms with Crippen LogP contribution in [0.15, 0.2) is 12.1 Å². The third-order valence-electron chi connectivity index (χ3n) is 3.68. The van der Waals surface area contributed by atoms with E-state index in [1.54, 1.807) is 0 Å². The minimum atomic E-state index is -1.38. The normalized spacial score (nSPS) is 11.4. The summed E-state index contributed by atoms with van der Waals surface area (Å²) >= 11 is -1.38. The second-order valence-corrected chi connectivity index (χ2v) is 9.33.